The summed E-state index contributed by atoms with van der Waals surface area (Å²) in [4.78, 5) is 73.9. The van der Waals surface area contributed by atoms with Gasteiger partial charge < -0.3 is 25.2 Å². The monoisotopic (exact) mass is 961 g/mol. The number of aromatic carboxylic acids is 1. The lowest BCUT2D eigenvalue weighted by atomic mass is 9.85. The van der Waals surface area contributed by atoms with Crippen molar-refractivity contribution in [3.63, 3.8) is 0 Å². The number of carboxylic acid groups (broad SMARTS) is 2. The number of carboxylic acids is 2. The molecule has 2 aromatic heterocycles. The van der Waals surface area contributed by atoms with Gasteiger partial charge in [-0.1, -0.05) is 42.5 Å². The molecule has 0 radical (unpaired) electrons. The molecule has 0 saturated carbocycles. The van der Waals surface area contributed by atoms with Crippen LogP contribution in [0.5, 0.6) is 5.75 Å². The highest BCUT2D eigenvalue weighted by atomic mass is 32.2. The molecule has 1 unspecified atom stereocenters. The fourth-order valence-corrected chi connectivity index (χ4v) is 12.4. The van der Waals surface area contributed by atoms with E-state index >= 15 is 4.39 Å². The number of sulfonamides is 1. The average molecular weight is 962 g/mol. The number of fused-ring (bicyclic) bond motifs is 1. The first kappa shape index (κ1) is 44.8. The summed E-state index contributed by atoms with van der Waals surface area (Å²) in [7, 11) is -3.70. The number of aromatic nitrogens is 2. The molecule has 0 bridgehead atoms. The molecule has 3 saturated heterocycles. The van der Waals surface area contributed by atoms with Crippen molar-refractivity contribution in [3.05, 3.63) is 106 Å². The molecule has 0 spiro atoms. The highest BCUT2D eigenvalue weighted by Crippen LogP contribution is 2.45. The molecule has 0 aliphatic carbocycles. The molecule has 4 aromatic carbocycles. The Kier molecular flexibility index (Phi) is 11.8. The van der Waals surface area contributed by atoms with Gasteiger partial charge in [-0.25, -0.2) is 36.7 Å². The zero-order valence-electron chi connectivity index (χ0n) is 36.3. The third kappa shape index (κ3) is 8.47. The highest BCUT2D eigenvalue weighted by molar-refractivity contribution is 7.88. The van der Waals surface area contributed by atoms with Gasteiger partial charge in [-0.15, -0.1) is 11.3 Å². The number of thiophene rings is 1. The number of hydrogen-bond acceptors (Lipinski definition) is 13. The predicted molar refractivity (Wildman–Crippen MR) is 251 cm³/mol. The first-order valence-corrected chi connectivity index (χ1v) is 24.6. The Morgan fingerprint density at radius 1 is 0.926 bits per heavy atom. The lowest BCUT2D eigenvalue weighted by molar-refractivity contribution is -0.139. The van der Waals surface area contributed by atoms with Crippen molar-refractivity contribution in [3.8, 4) is 16.2 Å². The van der Waals surface area contributed by atoms with Crippen molar-refractivity contribution >= 4 is 90.0 Å². The van der Waals surface area contributed by atoms with Gasteiger partial charge in [-0.2, -0.15) is 0 Å². The molecule has 6 heterocycles. The molecule has 20 heteroatoms. The minimum absolute atomic E-state index is 0.0145. The Balaban J connectivity index is 0.765. The third-order valence-corrected chi connectivity index (χ3v) is 16.2. The zero-order chi connectivity index (χ0) is 47.4. The maximum Gasteiger partial charge on any atom is 0.349 e. The van der Waals surface area contributed by atoms with Crippen molar-refractivity contribution in [1.29, 1.82) is 0 Å². The van der Waals surface area contributed by atoms with Crippen LogP contribution < -0.4 is 25.2 Å². The summed E-state index contributed by atoms with van der Waals surface area (Å²) in [5, 5.41) is 26.9. The number of halogens is 1. The second kappa shape index (κ2) is 17.9. The van der Waals surface area contributed by atoms with Gasteiger partial charge in [0.05, 0.1) is 21.8 Å². The highest BCUT2D eigenvalue weighted by Gasteiger charge is 2.41. The number of anilines is 3. The van der Waals surface area contributed by atoms with Gasteiger partial charge in [0.15, 0.2) is 23.1 Å². The van der Waals surface area contributed by atoms with Crippen LogP contribution in [-0.2, 0) is 30.2 Å². The van der Waals surface area contributed by atoms with Gasteiger partial charge in [0, 0.05) is 66.9 Å². The van der Waals surface area contributed by atoms with Crippen LogP contribution in [0.3, 0.4) is 0 Å². The number of benzene rings is 4. The number of aliphatic carboxylic acids is 1. The number of piperidine rings is 3. The van der Waals surface area contributed by atoms with E-state index in [1.807, 2.05) is 24.3 Å². The average Bonchev–Trinajstić information content (AvgIpc) is 3.81. The molecule has 6 aromatic rings. The summed E-state index contributed by atoms with van der Waals surface area (Å²) in [6.45, 7) is 1.02. The SMILES string of the molecule is O=C(O)COc1c(C(=O)O)sc(-c2cccc(NC3CCN(S(=O)(=O)Cc4ccc5cnc(N6CCC(c7ccc8c9c(cccc79)C(=O)N8C7CCC(=O)NC7=O)CC6)nc5c4)CC3)c2)c1F. The Bertz CT molecular complexity index is 3190. The third-order valence-electron chi connectivity index (χ3n) is 13.2. The van der Waals surface area contributed by atoms with E-state index in [2.05, 4.69) is 26.6 Å². The van der Waals surface area contributed by atoms with Gasteiger partial charge >= 0.3 is 11.9 Å². The van der Waals surface area contributed by atoms with E-state index in [0.29, 0.717) is 76.8 Å². The Morgan fingerprint density at radius 3 is 2.46 bits per heavy atom. The number of nitrogens with one attached hydrogen (secondary N) is 2. The number of nitrogens with zero attached hydrogens (tertiary/aromatic N) is 5. The van der Waals surface area contributed by atoms with Crippen molar-refractivity contribution in [2.45, 2.75) is 62.3 Å². The molecule has 17 nitrogen and oxygen atoms in total. The van der Waals surface area contributed by atoms with Crippen LogP contribution in [0.25, 0.3) is 32.1 Å². The molecule has 3 fully saturated rings. The predicted octanol–water partition coefficient (Wildman–Crippen LogP) is 6.37. The molecular formula is C48H44FN7O10S2. The van der Waals surface area contributed by atoms with Gasteiger partial charge in [0.1, 0.15) is 6.04 Å². The number of ether oxygens (including phenoxy) is 1. The van der Waals surface area contributed by atoms with Gasteiger partial charge in [0.25, 0.3) is 5.91 Å². The Morgan fingerprint density at radius 2 is 1.71 bits per heavy atom. The molecule has 10 rings (SSSR count). The minimum atomic E-state index is -3.70. The second-order valence-electron chi connectivity index (χ2n) is 17.4. The van der Waals surface area contributed by atoms with Crippen LogP contribution in [0.4, 0.5) is 21.7 Å². The number of amides is 3. The topological polar surface area (TPSA) is 229 Å². The van der Waals surface area contributed by atoms with Gasteiger partial charge in [-0.05, 0) is 90.4 Å². The van der Waals surface area contributed by atoms with E-state index in [0.717, 1.165) is 34.6 Å². The van der Waals surface area contributed by atoms with E-state index in [9.17, 15) is 37.5 Å². The van der Waals surface area contributed by atoms with E-state index in [4.69, 9.17) is 14.8 Å². The minimum Gasteiger partial charge on any atom is -0.479 e. The molecule has 4 N–H and O–H groups in total. The molecule has 68 heavy (non-hydrogen) atoms. The largest absolute Gasteiger partial charge is 0.479 e. The van der Waals surface area contributed by atoms with Crippen molar-refractivity contribution < 1.29 is 51.7 Å². The summed E-state index contributed by atoms with van der Waals surface area (Å²) in [5.74, 6) is -4.89. The number of carbonyl (C=O) groups excluding carboxylic acids is 3. The summed E-state index contributed by atoms with van der Waals surface area (Å²) in [6.07, 6.45) is 4.82. The van der Waals surface area contributed by atoms with Gasteiger partial charge in [0.2, 0.25) is 27.8 Å². The maximum atomic E-state index is 15.4. The van der Waals surface area contributed by atoms with Crippen LogP contribution in [0.15, 0.2) is 79.0 Å². The number of imide groups is 1. The molecular weight excluding hydrogens is 918 g/mol. The first-order valence-electron chi connectivity index (χ1n) is 22.2. The summed E-state index contributed by atoms with van der Waals surface area (Å²) < 4.78 is 49.4. The molecule has 4 aliphatic heterocycles. The number of carbonyl (C=O) groups is 5. The quantitative estimate of drug-likeness (QED) is 0.0923. The lowest BCUT2D eigenvalue weighted by Gasteiger charge is -2.33. The fraction of sp³-hybridized carbons (Fsp3) is 0.312. The first-order chi connectivity index (χ1) is 32.7. The van der Waals surface area contributed by atoms with E-state index in [1.54, 1.807) is 53.6 Å². The molecule has 4 aliphatic rings. The Hall–Kier alpha value is -7.03. The van der Waals surface area contributed by atoms with Crippen molar-refractivity contribution in [2.75, 3.05) is 47.9 Å². The number of hydrogen-bond donors (Lipinski definition) is 4. The van der Waals surface area contributed by atoms with Gasteiger partial charge in [-0.3, -0.25) is 24.6 Å². The normalized spacial score (nSPS) is 18.4. The number of rotatable bonds is 13. The van der Waals surface area contributed by atoms with E-state index in [-0.39, 0.29) is 60.3 Å². The smallest absolute Gasteiger partial charge is 0.349 e. The molecule has 3 amide bonds. The van der Waals surface area contributed by atoms with E-state index in [1.165, 1.54) is 4.31 Å². The van der Waals surface area contributed by atoms with Crippen LogP contribution >= 0.6 is 11.3 Å². The van der Waals surface area contributed by atoms with Crippen molar-refractivity contribution in [2.24, 2.45) is 0 Å². The Labute approximate surface area is 392 Å². The second-order valence-corrected chi connectivity index (χ2v) is 20.4. The lowest BCUT2D eigenvalue weighted by Crippen LogP contribution is -2.53. The van der Waals surface area contributed by atoms with Crippen molar-refractivity contribution in [1.82, 2.24) is 19.6 Å². The van der Waals surface area contributed by atoms with E-state index < -0.39 is 57.0 Å². The summed E-state index contributed by atoms with van der Waals surface area (Å²) >= 11 is 0.645. The maximum absolute atomic E-state index is 15.4. The standard InChI is InChI=1S/C48H44FN7O10S2/c49-41-42(66-24-39(58)59)44(47(62)63)67-43(41)28-3-1-4-31(22-28)51-30-15-19-55(20-16-30)68(64,65)25-26-7-8-29-23-50-48(52-35(29)21-26)54-17-13-27(14-18-54)32-9-10-36-40-33(32)5-2-6-34(40)46(61)56(36)37-11-12-38(57)53-45(37)60/h1-10,21-23,27,30,37,51H,11-20,24-25H2,(H,58,59)(H,62,63)(H,53,57,60). The molecule has 1 atom stereocenters. The fourth-order valence-electron chi connectivity index (χ4n) is 9.87. The summed E-state index contributed by atoms with van der Waals surface area (Å²) in [5.41, 5.74) is 4.61. The van der Waals surface area contributed by atoms with Crippen LogP contribution in [0.2, 0.25) is 0 Å². The van der Waals surface area contributed by atoms with Crippen LogP contribution in [-0.4, -0.2) is 107 Å². The summed E-state index contributed by atoms with van der Waals surface area (Å²) in [6, 6.07) is 21.0. The van der Waals surface area contributed by atoms with Crippen LogP contribution in [0.1, 0.15) is 75.6 Å². The molecule has 350 valence electrons. The van der Waals surface area contributed by atoms with Crippen LogP contribution in [0, 0.1) is 5.82 Å². The zero-order valence-corrected chi connectivity index (χ0v) is 37.9.